The Labute approximate surface area is 102 Å². The minimum absolute atomic E-state index is 0.399. The first kappa shape index (κ1) is 13.5. The fourth-order valence-electron chi connectivity index (χ4n) is 1.43. The number of hydrogen-bond acceptors (Lipinski definition) is 3. The summed E-state index contributed by atoms with van der Waals surface area (Å²) in [6.07, 6.45) is 0. The smallest absolute Gasteiger partial charge is 0.271 e. The normalized spacial score (nSPS) is 11.2. The standard InChI is InChI=1S/C11H15N3O2S/c1-3-14(4-2)17(15,16)13-11-7-5-6-10(8-11)9-12/h5-8,13H,3-4H2,1-2H3. The molecule has 0 amide bonds. The molecule has 0 spiro atoms. The molecule has 1 rings (SSSR count). The molecule has 0 aliphatic rings. The molecule has 0 saturated heterocycles. The fourth-order valence-corrected chi connectivity index (χ4v) is 2.66. The van der Waals surface area contributed by atoms with Gasteiger partial charge in [0.1, 0.15) is 0 Å². The lowest BCUT2D eigenvalue weighted by molar-refractivity contribution is 0.449. The molecular weight excluding hydrogens is 238 g/mol. The van der Waals surface area contributed by atoms with Crippen molar-refractivity contribution in [3.63, 3.8) is 0 Å². The molecule has 0 aliphatic heterocycles. The zero-order valence-corrected chi connectivity index (χ0v) is 10.7. The third-order valence-electron chi connectivity index (χ3n) is 2.28. The summed E-state index contributed by atoms with van der Waals surface area (Å²) in [6, 6.07) is 8.33. The highest BCUT2D eigenvalue weighted by molar-refractivity contribution is 7.90. The summed E-state index contributed by atoms with van der Waals surface area (Å²) in [6.45, 7) is 4.36. The van der Waals surface area contributed by atoms with Crippen LogP contribution in [0.15, 0.2) is 24.3 Å². The third-order valence-corrected chi connectivity index (χ3v) is 3.97. The molecule has 0 saturated carbocycles. The second kappa shape index (κ2) is 5.66. The van der Waals surface area contributed by atoms with Crippen LogP contribution in [-0.2, 0) is 10.2 Å². The van der Waals surface area contributed by atoms with Crippen LogP contribution in [0.5, 0.6) is 0 Å². The van der Waals surface area contributed by atoms with Crippen molar-refractivity contribution in [2.45, 2.75) is 13.8 Å². The zero-order valence-electron chi connectivity index (χ0n) is 9.84. The summed E-state index contributed by atoms with van der Waals surface area (Å²) in [4.78, 5) is 0. The lowest BCUT2D eigenvalue weighted by Crippen LogP contribution is -2.35. The van der Waals surface area contributed by atoms with Crippen LogP contribution in [0, 0.1) is 11.3 Å². The molecule has 0 bridgehead atoms. The first-order valence-corrected chi connectivity index (χ1v) is 6.75. The van der Waals surface area contributed by atoms with Crippen molar-refractivity contribution in [3.05, 3.63) is 29.8 Å². The monoisotopic (exact) mass is 253 g/mol. The molecule has 1 N–H and O–H groups in total. The molecule has 0 heterocycles. The van der Waals surface area contributed by atoms with Gasteiger partial charge in [-0.3, -0.25) is 4.72 Å². The number of benzene rings is 1. The quantitative estimate of drug-likeness (QED) is 0.865. The molecule has 0 fully saturated rings. The van der Waals surface area contributed by atoms with Crippen molar-refractivity contribution in [3.8, 4) is 6.07 Å². The van der Waals surface area contributed by atoms with Crippen LogP contribution in [0.3, 0.4) is 0 Å². The lowest BCUT2D eigenvalue weighted by Gasteiger charge is -2.19. The van der Waals surface area contributed by atoms with Crippen LogP contribution in [0.25, 0.3) is 0 Å². The van der Waals surface area contributed by atoms with E-state index in [1.807, 2.05) is 6.07 Å². The summed E-state index contributed by atoms with van der Waals surface area (Å²) in [5.41, 5.74) is 0.820. The number of nitrogens with one attached hydrogen (secondary N) is 1. The second-order valence-electron chi connectivity index (χ2n) is 3.38. The van der Waals surface area contributed by atoms with Gasteiger partial charge < -0.3 is 0 Å². The van der Waals surface area contributed by atoms with Gasteiger partial charge in [0, 0.05) is 13.1 Å². The predicted molar refractivity (Wildman–Crippen MR) is 66.6 cm³/mol. The van der Waals surface area contributed by atoms with E-state index in [0.717, 1.165) is 0 Å². The minimum atomic E-state index is -3.53. The topological polar surface area (TPSA) is 73.2 Å². The molecule has 1 aromatic carbocycles. The van der Waals surface area contributed by atoms with Gasteiger partial charge in [-0.1, -0.05) is 19.9 Å². The third kappa shape index (κ3) is 3.44. The molecule has 92 valence electrons. The van der Waals surface area contributed by atoms with Crippen LogP contribution in [-0.4, -0.2) is 25.8 Å². The molecule has 0 aromatic heterocycles. The Morgan fingerprint density at radius 3 is 2.53 bits per heavy atom. The van der Waals surface area contributed by atoms with Gasteiger partial charge in [-0.05, 0) is 18.2 Å². The largest absolute Gasteiger partial charge is 0.301 e. The number of nitriles is 1. The molecule has 0 atom stereocenters. The maximum atomic E-state index is 11.9. The molecule has 6 heteroatoms. The summed E-state index contributed by atoms with van der Waals surface area (Å²) in [5, 5.41) is 8.72. The average Bonchev–Trinajstić information content (AvgIpc) is 2.29. The Morgan fingerprint density at radius 2 is 2.00 bits per heavy atom. The molecule has 17 heavy (non-hydrogen) atoms. The van der Waals surface area contributed by atoms with Crippen LogP contribution < -0.4 is 4.72 Å². The molecule has 1 aromatic rings. The second-order valence-corrected chi connectivity index (χ2v) is 5.05. The fraction of sp³-hybridized carbons (Fsp3) is 0.364. The highest BCUT2D eigenvalue weighted by Gasteiger charge is 2.18. The predicted octanol–water partition coefficient (Wildman–Crippen LogP) is 1.56. The Balaban J connectivity index is 2.94. The Bertz CT molecular complexity index is 516. The van der Waals surface area contributed by atoms with E-state index in [-0.39, 0.29) is 0 Å². The van der Waals surface area contributed by atoms with Crippen molar-refractivity contribution < 1.29 is 8.42 Å². The molecule has 0 radical (unpaired) electrons. The lowest BCUT2D eigenvalue weighted by atomic mass is 10.2. The van der Waals surface area contributed by atoms with Gasteiger partial charge in [-0.15, -0.1) is 0 Å². The van der Waals surface area contributed by atoms with Gasteiger partial charge in [0.25, 0.3) is 0 Å². The van der Waals surface area contributed by atoms with Gasteiger partial charge >= 0.3 is 10.2 Å². The van der Waals surface area contributed by atoms with Gasteiger partial charge in [-0.25, -0.2) is 0 Å². The number of anilines is 1. The summed E-state index contributed by atoms with van der Waals surface area (Å²) >= 11 is 0. The van der Waals surface area contributed by atoms with Gasteiger partial charge in [0.05, 0.1) is 17.3 Å². The van der Waals surface area contributed by atoms with E-state index in [0.29, 0.717) is 24.3 Å². The maximum absolute atomic E-state index is 11.9. The highest BCUT2D eigenvalue weighted by Crippen LogP contribution is 2.13. The van der Waals surface area contributed by atoms with E-state index in [1.54, 1.807) is 32.0 Å². The van der Waals surface area contributed by atoms with Crippen LogP contribution in [0.1, 0.15) is 19.4 Å². The van der Waals surface area contributed by atoms with Crippen molar-refractivity contribution >= 4 is 15.9 Å². The van der Waals surface area contributed by atoms with Crippen LogP contribution in [0.2, 0.25) is 0 Å². The van der Waals surface area contributed by atoms with E-state index in [2.05, 4.69) is 4.72 Å². The SMILES string of the molecule is CCN(CC)S(=O)(=O)Nc1cccc(C#N)c1. The van der Waals surface area contributed by atoms with E-state index in [1.165, 1.54) is 10.4 Å². The minimum Gasteiger partial charge on any atom is -0.271 e. The molecular formula is C11H15N3O2S. The highest BCUT2D eigenvalue weighted by atomic mass is 32.2. The number of rotatable bonds is 5. The van der Waals surface area contributed by atoms with Gasteiger partial charge in [-0.2, -0.15) is 18.0 Å². The summed E-state index contributed by atoms with van der Waals surface area (Å²) in [5.74, 6) is 0. The van der Waals surface area contributed by atoms with Crippen molar-refractivity contribution in [2.75, 3.05) is 17.8 Å². The van der Waals surface area contributed by atoms with Crippen LogP contribution >= 0.6 is 0 Å². The molecule has 0 aliphatic carbocycles. The van der Waals surface area contributed by atoms with E-state index >= 15 is 0 Å². The van der Waals surface area contributed by atoms with Crippen molar-refractivity contribution in [1.82, 2.24) is 4.31 Å². The van der Waals surface area contributed by atoms with E-state index < -0.39 is 10.2 Å². The zero-order chi connectivity index (χ0) is 12.9. The van der Waals surface area contributed by atoms with Crippen molar-refractivity contribution in [2.24, 2.45) is 0 Å². The van der Waals surface area contributed by atoms with Gasteiger partial charge in [0.15, 0.2) is 0 Å². The first-order valence-electron chi connectivity index (χ1n) is 5.31. The summed E-state index contributed by atoms with van der Waals surface area (Å²) in [7, 11) is -3.53. The average molecular weight is 253 g/mol. The Kier molecular flexibility index (Phi) is 4.49. The van der Waals surface area contributed by atoms with Crippen molar-refractivity contribution in [1.29, 1.82) is 5.26 Å². The molecule has 5 nitrogen and oxygen atoms in total. The van der Waals surface area contributed by atoms with Crippen LogP contribution in [0.4, 0.5) is 5.69 Å². The molecule has 0 unspecified atom stereocenters. The summed E-state index contributed by atoms with van der Waals surface area (Å²) < 4.78 is 27.5. The number of nitrogens with zero attached hydrogens (tertiary/aromatic N) is 2. The van der Waals surface area contributed by atoms with E-state index in [9.17, 15) is 8.42 Å². The first-order chi connectivity index (χ1) is 8.03. The van der Waals surface area contributed by atoms with Gasteiger partial charge in [0.2, 0.25) is 0 Å². The van der Waals surface area contributed by atoms with E-state index in [4.69, 9.17) is 5.26 Å². The Hall–Kier alpha value is -1.58. The maximum Gasteiger partial charge on any atom is 0.301 e. The Morgan fingerprint density at radius 1 is 1.35 bits per heavy atom. The number of hydrogen-bond donors (Lipinski definition) is 1.